The first-order valence-corrected chi connectivity index (χ1v) is 15.8. The maximum absolute atomic E-state index is 12.9. The molecule has 226 valence electrons. The van der Waals surface area contributed by atoms with Crippen molar-refractivity contribution in [2.45, 2.75) is 46.6 Å². The van der Waals surface area contributed by atoms with E-state index in [-0.39, 0.29) is 11.8 Å². The summed E-state index contributed by atoms with van der Waals surface area (Å²) in [6.07, 6.45) is 3.91. The summed E-state index contributed by atoms with van der Waals surface area (Å²) in [6.45, 7) is 8.45. The first-order chi connectivity index (χ1) is 20.4. The van der Waals surface area contributed by atoms with Crippen LogP contribution in [0.3, 0.4) is 0 Å². The molecule has 1 amide bonds. The van der Waals surface area contributed by atoms with Crippen molar-refractivity contribution < 1.29 is 23.1 Å². The van der Waals surface area contributed by atoms with Crippen molar-refractivity contribution in [3.05, 3.63) is 66.5 Å². The third kappa shape index (κ3) is 7.31. The second-order valence-electron chi connectivity index (χ2n) is 12.0. The van der Waals surface area contributed by atoms with Crippen molar-refractivity contribution in [1.82, 2.24) is 19.9 Å². The van der Waals surface area contributed by atoms with Crippen LogP contribution in [-0.4, -0.2) is 64.4 Å². The van der Waals surface area contributed by atoms with Gasteiger partial charge in [-0.3, -0.25) is 4.72 Å². The molecule has 12 heteroatoms. The standard InChI is InChI=1S/C31H36N6O5S/c1-20-12-13-22-23(9-5-11-26(22)36-43(40,41)19-31(2,3)4)27(20)42-28-24(10-6-15-32-28)25-14-16-33-29(35-25)34-21-8-7-17-37(18-21)30(38)39/h5-6,9-16,21,36H,7-8,17-19H2,1-4H3,(H,38,39)(H,33,34,35). The highest BCUT2D eigenvalue weighted by Gasteiger charge is 2.25. The number of anilines is 2. The quantitative estimate of drug-likeness (QED) is 0.216. The fourth-order valence-corrected chi connectivity index (χ4v) is 6.96. The Morgan fingerprint density at radius 3 is 2.65 bits per heavy atom. The van der Waals surface area contributed by atoms with E-state index in [1.807, 2.05) is 52.0 Å². The van der Waals surface area contributed by atoms with Crippen LogP contribution in [0.4, 0.5) is 16.4 Å². The van der Waals surface area contributed by atoms with Gasteiger partial charge in [0, 0.05) is 42.3 Å². The van der Waals surface area contributed by atoms with Crippen molar-refractivity contribution >= 4 is 38.5 Å². The molecular formula is C31H36N6O5S. The molecule has 3 N–H and O–H groups in total. The third-order valence-electron chi connectivity index (χ3n) is 7.02. The molecule has 3 heterocycles. The number of hydrogen-bond acceptors (Lipinski definition) is 8. The van der Waals surface area contributed by atoms with Crippen molar-refractivity contribution in [3.63, 3.8) is 0 Å². The van der Waals surface area contributed by atoms with E-state index in [1.165, 1.54) is 4.90 Å². The molecule has 1 unspecified atom stereocenters. The highest BCUT2D eigenvalue weighted by Crippen LogP contribution is 2.39. The number of aromatic nitrogens is 3. The number of ether oxygens (including phenoxy) is 1. The third-order valence-corrected chi connectivity index (χ3v) is 8.80. The molecule has 2 aromatic carbocycles. The zero-order valence-electron chi connectivity index (χ0n) is 24.7. The smallest absolute Gasteiger partial charge is 0.407 e. The Kier molecular flexibility index (Phi) is 8.41. The molecule has 1 atom stereocenters. The van der Waals surface area contributed by atoms with Crippen LogP contribution in [0.25, 0.3) is 22.0 Å². The minimum Gasteiger partial charge on any atom is -0.465 e. The molecule has 0 aliphatic carbocycles. The lowest BCUT2D eigenvalue weighted by molar-refractivity contribution is 0.132. The fraction of sp³-hybridized carbons (Fsp3) is 0.355. The number of nitrogens with one attached hydrogen (secondary N) is 2. The monoisotopic (exact) mass is 604 g/mol. The molecule has 2 aromatic heterocycles. The molecule has 0 spiro atoms. The van der Waals surface area contributed by atoms with E-state index in [0.717, 1.165) is 23.8 Å². The average Bonchev–Trinajstić information content (AvgIpc) is 2.94. The first kappa shape index (κ1) is 30.0. The van der Waals surface area contributed by atoms with Crippen LogP contribution in [0.5, 0.6) is 11.6 Å². The van der Waals surface area contributed by atoms with Crippen LogP contribution >= 0.6 is 0 Å². The normalized spacial score (nSPS) is 15.7. The van der Waals surface area contributed by atoms with E-state index in [0.29, 0.717) is 53.0 Å². The number of fused-ring (bicyclic) bond motifs is 1. The average molecular weight is 605 g/mol. The predicted octanol–water partition coefficient (Wildman–Crippen LogP) is 6.13. The largest absolute Gasteiger partial charge is 0.465 e. The Morgan fingerprint density at radius 2 is 1.88 bits per heavy atom. The lowest BCUT2D eigenvalue weighted by Crippen LogP contribution is -2.44. The molecule has 11 nitrogen and oxygen atoms in total. The molecule has 0 radical (unpaired) electrons. The molecule has 1 saturated heterocycles. The minimum absolute atomic E-state index is 0.0166. The summed E-state index contributed by atoms with van der Waals surface area (Å²) in [7, 11) is -3.59. The van der Waals surface area contributed by atoms with Crippen LogP contribution < -0.4 is 14.8 Å². The topological polar surface area (TPSA) is 147 Å². The zero-order chi connectivity index (χ0) is 30.8. The second kappa shape index (κ2) is 12.0. The molecule has 1 fully saturated rings. The van der Waals surface area contributed by atoms with Gasteiger partial charge < -0.3 is 20.1 Å². The Balaban J connectivity index is 1.45. The number of amides is 1. The number of likely N-dealkylation sites (tertiary alicyclic amines) is 1. The van der Waals surface area contributed by atoms with Crippen LogP contribution in [0, 0.1) is 12.3 Å². The second-order valence-corrected chi connectivity index (χ2v) is 13.7. The summed E-state index contributed by atoms with van der Waals surface area (Å²) in [4.78, 5) is 26.4. The number of benzene rings is 2. The summed E-state index contributed by atoms with van der Waals surface area (Å²) in [6, 6.07) is 14.5. The lowest BCUT2D eigenvalue weighted by atomic mass is 10.0. The number of pyridine rings is 1. The van der Waals surface area contributed by atoms with Crippen molar-refractivity contribution in [1.29, 1.82) is 0 Å². The summed E-state index contributed by atoms with van der Waals surface area (Å²) >= 11 is 0. The van der Waals surface area contributed by atoms with Crippen LogP contribution in [0.1, 0.15) is 39.2 Å². The van der Waals surface area contributed by atoms with Gasteiger partial charge in [0.1, 0.15) is 5.75 Å². The number of nitrogens with zero attached hydrogens (tertiary/aromatic N) is 4. The molecular weight excluding hydrogens is 568 g/mol. The molecule has 1 aliphatic rings. The number of carboxylic acid groups (broad SMARTS) is 1. The van der Waals surface area contributed by atoms with Gasteiger partial charge in [-0.25, -0.2) is 28.2 Å². The first-order valence-electron chi connectivity index (χ1n) is 14.1. The van der Waals surface area contributed by atoms with Gasteiger partial charge in [-0.15, -0.1) is 0 Å². The predicted molar refractivity (Wildman–Crippen MR) is 167 cm³/mol. The SMILES string of the molecule is Cc1ccc2c(NS(=O)(=O)CC(C)(C)C)cccc2c1Oc1ncccc1-c1ccnc(NC2CCCN(C(=O)O)C2)n1. The van der Waals surface area contributed by atoms with Crippen molar-refractivity contribution in [2.24, 2.45) is 5.41 Å². The van der Waals surface area contributed by atoms with Gasteiger partial charge in [-0.2, -0.15) is 0 Å². The van der Waals surface area contributed by atoms with Gasteiger partial charge >= 0.3 is 6.09 Å². The van der Waals surface area contributed by atoms with Gasteiger partial charge in [0.2, 0.25) is 21.9 Å². The van der Waals surface area contributed by atoms with Crippen molar-refractivity contribution in [2.75, 3.05) is 28.9 Å². The van der Waals surface area contributed by atoms with Crippen LogP contribution in [-0.2, 0) is 10.0 Å². The van der Waals surface area contributed by atoms with Gasteiger partial charge in [-0.05, 0) is 55.0 Å². The minimum atomic E-state index is -3.59. The summed E-state index contributed by atoms with van der Waals surface area (Å²) in [5, 5.41) is 14.1. The molecule has 43 heavy (non-hydrogen) atoms. The number of piperidine rings is 1. The van der Waals surface area contributed by atoms with Crippen LogP contribution in [0.15, 0.2) is 60.9 Å². The van der Waals surface area contributed by atoms with Gasteiger partial charge in [0.15, 0.2) is 0 Å². The highest BCUT2D eigenvalue weighted by molar-refractivity contribution is 7.92. The maximum Gasteiger partial charge on any atom is 0.407 e. The molecule has 1 aliphatic heterocycles. The number of sulfonamides is 1. The van der Waals surface area contributed by atoms with E-state index >= 15 is 0 Å². The van der Waals surface area contributed by atoms with Gasteiger partial charge in [-0.1, -0.05) is 45.0 Å². The van der Waals surface area contributed by atoms with Crippen molar-refractivity contribution in [3.8, 4) is 22.9 Å². The van der Waals surface area contributed by atoms with E-state index in [4.69, 9.17) is 9.72 Å². The fourth-order valence-electron chi connectivity index (χ4n) is 5.23. The van der Waals surface area contributed by atoms with E-state index in [2.05, 4.69) is 20.0 Å². The molecule has 0 saturated carbocycles. The van der Waals surface area contributed by atoms with E-state index < -0.39 is 21.5 Å². The highest BCUT2D eigenvalue weighted by atomic mass is 32.2. The van der Waals surface area contributed by atoms with E-state index in [1.54, 1.807) is 36.7 Å². The van der Waals surface area contributed by atoms with Gasteiger partial charge in [0.05, 0.1) is 22.7 Å². The molecule has 0 bridgehead atoms. The molecule has 5 rings (SSSR count). The van der Waals surface area contributed by atoms with Crippen LogP contribution in [0.2, 0.25) is 0 Å². The molecule has 4 aromatic rings. The summed E-state index contributed by atoms with van der Waals surface area (Å²) in [5.74, 6) is 1.25. The Labute approximate surface area is 251 Å². The number of aryl methyl sites for hydroxylation is 1. The van der Waals surface area contributed by atoms with Gasteiger partial charge in [0.25, 0.3) is 0 Å². The lowest BCUT2D eigenvalue weighted by Gasteiger charge is -2.31. The Hall–Kier alpha value is -4.45. The Morgan fingerprint density at radius 1 is 1.07 bits per heavy atom. The number of carbonyl (C=O) groups is 1. The zero-order valence-corrected chi connectivity index (χ0v) is 25.5. The summed E-state index contributed by atoms with van der Waals surface area (Å²) < 4.78 is 35.0. The summed E-state index contributed by atoms with van der Waals surface area (Å²) in [5.41, 5.74) is 2.15. The number of hydrogen-bond donors (Lipinski definition) is 3. The number of rotatable bonds is 8. The Bertz CT molecular complexity index is 1760. The van der Waals surface area contributed by atoms with E-state index in [9.17, 15) is 18.3 Å². The maximum atomic E-state index is 12.9.